The Balaban J connectivity index is 2.44. The highest BCUT2D eigenvalue weighted by atomic mass is 16.5. The molecule has 1 saturated carbocycles. The summed E-state index contributed by atoms with van der Waals surface area (Å²) in [6.45, 7) is 2.15. The topological polar surface area (TPSA) is 83.8 Å². The fraction of sp³-hybridized carbons (Fsp3) is 0.818. The number of hydrogen-bond acceptors (Lipinski definition) is 5. The average molecular weight is 383 g/mol. The predicted molar refractivity (Wildman–Crippen MR) is 106 cm³/mol. The summed E-state index contributed by atoms with van der Waals surface area (Å²) in [5.74, 6) is 0.00865. The summed E-state index contributed by atoms with van der Waals surface area (Å²) in [4.78, 5) is 23.5. The lowest BCUT2D eigenvalue weighted by Crippen LogP contribution is -2.18. The van der Waals surface area contributed by atoms with Gasteiger partial charge in [0, 0.05) is 25.4 Å². The molecule has 5 nitrogen and oxygen atoms in total. The molecule has 0 aliphatic heterocycles. The Morgan fingerprint density at radius 3 is 2.63 bits per heavy atom. The first-order chi connectivity index (χ1) is 13.0. The van der Waals surface area contributed by atoms with Gasteiger partial charge >= 0.3 is 5.97 Å². The molecule has 0 aromatic rings. The van der Waals surface area contributed by atoms with Crippen LogP contribution in [0.5, 0.6) is 0 Å². The number of aliphatic hydroxyl groups is 2. The van der Waals surface area contributed by atoms with E-state index in [2.05, 4.69) is 11.7 Å². The lowest BCUT2D eigenvalue weighted by molar-refractivity contribution is -0.140. The van der Waals surface area contributed by atoms with E-state index in [4.69, 9.17) is 0 Å². The number of aliphatic hydroxyl groups excluding tert-OH is 2. The van der Waals surface area contributed by atoms with Crippen molar-refractivity contribution in [2.24, 2.45) is 17.8 Å². The van der Waals surface area contributed by atoms with Gasteiger partial charge in [-0.25, -0.2) is 0 Å². The van der Waals surface area contributed by atoms with Gasteiger partial charge < -0.3 is 14.9 Å². The Bertz CT molecular complexity index is 460. The van der Waals surface area contributed by atoms with Gasteiger partial charge in [0.25, 0.3) is 0 Å². The number of carbonyl (C=O) groups is 2. The van der Waals surface area contributed by atoms with Crippen LogP contribution in [0.2, 0.25) is 0 Å². The van der Waals surface area contributed by atoms with Crippen LogP contribution in [0.15, 0.2) is 12.2 Å². The van der Waals surface area contributed by atoms with E-state index in [-0.39, 0.29) is 36.1 Å². The van der Waals surface area contributed by atoms with Gasteiger partial charge in [0.15, 0.2) is 0 Å². The lowest BCUT2D eigenvalue weighted by Gasteiger charge is -2.20. The number of hydrogen-bond donors (Lipinski definition) is 2. The predicted octanol–water partition coefficient (Wildman–Crippen LogP) is 3.81. The number of ether oxygens (including phenoxy) is 1. The van der Waals surface area contributed by atoms with Crippen molar-refractivity contribution in [1.29, 1.82) is 0 Å². The second-order valence-corrected chi connectivity index (χ2v) is 7.77. The Kier molecular flexibility index (Phi) is 12.3. The summed E-state index contributed by atoms with van der Waals surface area (Å²) in [5, 5.41) is 19.7. The molecular formula is C22H38O5. The van der Waals surface area contributed by atoms with Crippen LogP contribution < -0.4 is 0 Å². The number of methoxy groups -OCH3 is 1. The summed E-state index contributed by atoms with van der Waals surface area (Å²) < 4.78 is 4.63. The SMILES string of the molecule is CCCCCC(O)/C=C/C1C(CO)CC(=O)C1CCCCCCC(=O)OC. The van der Waals surface area contributed by atoms with Gasteiger partial charge in [0.05, 0.1) is 13.2 Å². The van der Waals surface area contributed by atoms with Crippen molar-refractivity contribution in [2.45, 2.75) is 83.7 Å². The maximum atomic E-state index is 12.4. The van der Waals surface area contributed by atoms with Crippen molar-refractivity contribution in [3.63, 3.8) is 0 Å². The van der Waals surface area contributed by atoms with Crippen molar-refractivity contribution in [3.8, 4) is 0 Å². The van der Waals surface area contributed by atoms with Crippen molar-refractivity contribution in [1.82, 2.24) is 0 Å². The summed E-state index contributed by atoms with van der Waals surface area (Å²) in [5.41, 5.74) is 0. The molecule has 0 bridgehead atoms. The first kappa shape index (κ1) is 23.8. The fourth-order valence-electron chi connectivity index (χ4n) is 3.97. The van der Waals surface area contributed by atoms with E-state index in [9.17, 15) is 19.8 Å². The summed E-state index contributed by atoms with van der Waals surface area (Å²) >= 11 is 0. The van der Waals surface area contributed by atoms with Crippen LogP contribution in [0, 0.1) is 17.8 Å². The molecule has 0 spiro atoms. The minimum atomic E-state index is -0.467. The van der Waals surface area contributed by atoms with Crippen molar-refractivity contribution >= 4 is 11.8 Å². The maximum Gasteiger partial charge on any atom is 0.305 e. The molecule has 5 heteroatoms. The first-order valence-electron chi connectivity index (χ1n) is 10.6. The van der Waals surface area contributed by atoms with Gasteiger partial charge in [-0.3, -0.25) is 9.59 Å². The third-order valence-electron chi connectivity index (χ3n) is 5.65. The van der Waals surface area contributed by atoms with Gasteiger partial charge in [-0.1, -0.05) is 57.6 Å². The van der Waals surface area contributed by atoms with Crippen molar-refractivity contribution in [2.75, 3.05) is 13.7 Å². The zero-order chi connectivity index (χ0) is 20.1. The third-order valence-corrected chi connectivity index (χ3v) is 5.65. The second kappa shape index (κ2) is 13.9. The molecule has 0 aromatic carbocycles. The van der Waals surface area contributed by atoms with Crippen LogP contribution in [0.25, 0.3) is 0 Å². The molecule has 2 N–H and O–H groups in total. The van der Waals surface area contributed by atoms with Crippen LogP contribution in [-0.2, 0) is 14.3 Å². The van der Waals surface area contributed by atoms with Crippen molar-refractivity contribution in [3.05, 3.63) is 12.2 Å². The molecule has 4 atom stereocenters. The molecule has 0 aromatic heterocycles. The number of carbonyl (C=O) groups excluding carboxylic acids is 2. The Morgan fingerprint density at radius 1 is 1.22 bits per heavy atom. The van der Waals surface area contributed by atoms with Gasteiger partial charge in [-0.2, -0.15) is 0 Å². The minimum absolute atomic E-state index is 0.0162. The molecule has 1 fully saturated rings. The maximum absolute atomic E-state index is 12.4. The quantitative estimate of drug-likeness (QED) is 0.271. The van der Waals surface area contributed by atoms with E-state index in [0.717, 1.165) is 57.8 Å². The van der Waals surface area contributed by atoms with E-state index in [1.165, 1.54) is 7.11 Å². The van der Waals surface area contributed by atoms with Gasteiger partial charge in [0.2, 0.25) is 0 Å². The Labute approximate surface area is 164 Å². The molecule has 4 unspecified atom stereocenters. The number of unbranched alkanes of at least 4 members (excludes halogenated alkanes) is 5. The number of allylic oxidation sites excluding steroid dienone is 1. The summed E-state index contributed by atoms with van der Waals surface area (Å²) in [6, 6.07) is 0. The first-order valence-corrected chi connectivity index (χ1v) is 10.6. The van der Waals surface area contributed by atoms with Gasteiger partial charge in [-0.05, 0) is 31.1 Å². The zero-order valence-electron chi connectivity index (χ0n) is 17.1. The molecule has 0 heterocycles. The fourth-order valence-corrected chi connectivity index (χ4v) is 3.97. The number of ketones is 1. The van der Waals surface area contributed by atoms with Crippen LogP contribution in [0.1, 0.15) is 77.6 Å². The molecule has 156 valence electrons. The van der Waals surface area contributed by atoms with Gasteiger partial charge in [0.1, 0.15) is 5.78 Å². The standard InChI is InChI=1S/C22H38O5/c1-3-4-7-10-18(24)13-14-19-17(16-23)15-21(25)20(19)11-8-5-6-9-12-22(26)27-2/h13-14,17-20,23-24H,3-12,15-16H2,1-2H3/b14-13+. The monoisotopic (exact) mass is 382 g/mol. The minimum Gasteiger partial charge on any atom is -0.469 e. The highest BCUT2D eigenvalue weighted by Gasteiger charge is 2.39. The Morgan fingerprint density at radius 2 is 1.96 bits per heavy atom. The molecular weight excluding hydrogens is 344 g/mol. The van der Waals surface area contributed by atoms with Gasteiger partial charge in [-0.15, -0.1) is 0 Å². The largest absolute Gasteiger partial charge is 0.469 e. The summed E-state index contributed by atoms with van der Waals surface area (Å²) in [6.07, 6.45) is 12.7. The van der Waals surface area contributed by atoms with E-state index in [1.54, 1.807) is 0 Å². The smallest absolute Gasteiger partial charge is 0.305 e. The molecule has 0 amide bonds. The van der Waals surface area contributed by atoms with E-state index < -0.39 is 6.10 Å². The Hall–Kier alpha value is -1.20. The van der Waals surface area contributed by atoms with Crippen LogP contribution >= 0.6 is 0 Å². The molecule has 1 rings (SSSR count). The number of rotatable bonds is 14. The number of Topliss-reactive ketones (excluding diaryl/α,β-unsaturated/α-hetero) is 1. The van der Waals surface area contributed by atoms with Crippen LogP contribution in [0.3, 0.4) is 0 Å². The highest BCUT2D eigenvalue weighted by molar-refractivity contribution is 5.84. The normalized spacial score (nSPS) is 23.9. The molecule has 1 aliphatic rings. The average Bonchev–Trinajstić information content (AvgIpc) is 2.97. The molecule has 0 saturated heterocycles. The highest BCUT2D eigenvalue weighted by Crippen LogP contribution is 2.38. The molecule has 27 heavy (non-hydrogen) atoms. The van der Waals surface area contributed by atoms with E-state index >= 15 is 0 Å². The summed E-state index contributed by atoms with van der Waals surface area (Å²) in [7, 11) is 1.40. The molecule has 1 aliphatic carbocycles. The number of esters is 1. The van der Waals surface area contributed by atoms with E-state index in [1.807, 2.05) is 12.2 Å². The molecule has 0 radical (unpaired) electrons. The van der Waals surface area contributed by atoms with E-state index in [0.29, 0.717) is 12.8 Å². The van der Waals surface area contributed by atoms with Crippen LogP contribution in [-0.4, -0.2) is 41.8 Å². The lowest BCUT2D eigenvalue weighted by atomic mass is 9.85. The third kappa shape index (κ3) is 9.02. The van der Waals surface area contributed by atoms with Crippen LogP contribution in [0.4, 0.5) is 0 Å². The zero-order valence-corrected chi connectivity index (χ0v) is 17.1. The second-order valence-electron chi connectivity index (χ2n) is 7.77. The van der Waals surface area contributed by atoms with Crippen molar-refractivity contribution < 1.29 is 24.5 Å².